The molecule has 2 aromatic carbocycles. The molecule has 32 heavy (non-hydrogen) atoms. The highest BCUT2D eigenvalue weighted by Gasteiger charge is 2.44. The molecule has 1 heterocycles. The average Bonchev–Trinajstić information content (AvgIpc) is 2.78. The summed E-state index contributed by atoms with van der Waals surface area (Å²) in [5.74, 6) is -0.639. The minimum atomic E-state index is -0.645. The van der Waals surface area contributed by atoms with Crippen molar-refractivity contribution in [3.05, 3.63) is 76.0 Å². The van der Waals surface area contributed by atoms with E-state index in [1.54, 1.807) is 20.1 Å². The normalized spacial score (nSPS) is 22.8. The van der Waals surface area contributed by atoms with Crippen molar-refractivity contribution in [2.24, 2.45) is 10.9 Å². The van der Waals surface area contributed by atoms with E-state index >= 15 is 0 Å². The number of allylic oxidation sites excluding steroid dienone is 2. The maximum Gasteiger partial charge on any atom is 0.315 e. The fraction of sp³-hybridized carbons (Fsp3) is 0.346. The topological polar surface area (TPSA) is 65.0 Å². The molecule has 0 amide bonds. The number of hydrogen-bond acceptors (Lipinski definition) is 5. The summed E-state index contributed by atoms with van der Waals surface area (Å²) >= 11 is 6.27. The van der Waals surface area contributed by atoms with E-state index in [0.29, 0.717) is 29.1 Å². The fourth-order valence-corrected chi connectivity index (χ4v) is 4.97. The van der Waals surface area contributed by atoms with Crippen LogP contribution in [0.2, 0.25) is 5.02 Å². The maximum absolute atomic E-state index is 13.5. The van der Waals surface area contributed by atoms with Gasteiger partial charge in [-0.25, -0.2) is 0 Å². The number of Topliss-reactive ketones (excluding diaryl/α,β-unsaturated/α-hetero) is 1. The van der Waals surface area contributed by atoms with E-state index in [2.05, 4.69) is 0 Å². The van der Waals surface area contributed by atoms with Gasteiger partial charge in [-0.2, -0.15) is 0 Å². The molecule has 1 unspecified atom stereocenters. The summed E-state index contributed by atoms with van der Waals surface area (Å²) in [4.78, 5) is 31.2. The zero-order valence-electron chi connectivity index (χ0n) is 18.4. The zero-order valence-corrected chi connectivity index (χ0v) is 19.2. The smallest absolute Gasteiger partial charge is 0.315 e. The Hall–Kier alpha value is -2.92. The summed E-state index contributed by atoms with van der Waals surface area (Å²) in [6.07, 6.45) is 1.00. The third kappa shape index (κ3) is 4.22. The van der Waals surface area contributed by atoms with E-state index in [4.69, 9.17) is 26.1 Å². The highest BCUT2D eigenvalue weighted by atomic mass is 35.5. The number of aliphatic imine (C=N–C) groups is 1. The van der Waals surface area contributed by atoms with Crippen LogP contribution in [0.5, 0.6) is 5.75 Å². The van der Waals surface area contributed by atoms with Crippen LogP contribution < -0.4 is 4.74 Å². The number of esters is 1. The van der Waals surface area contributed by atoms with Gasteiger partial charge >= 0.3 is 5.97 Å². The van der Waals surface area contributed by atoms with Gasteiger partial charge in [-0.05, 0) is 61.6 Å². The molecule has 2 aromatic rings. The Balaban J connectivity index is 1.77. The van der Waals surface area contributed by atoms with Crippen molar-refractivity contribution in [2.75, 3.05) is 13.7 Å². The Kier molecular flexibility index (Phi) is 6.47. The van der Waals surface area contributed by atoms with Gasteiger partial charge in [-0.3, -0.25) is 14.6 Å². The molecule has 2 aliphatic rings. The first-order valence-electron chi connectivity index (χ1n) is 10.8. The number of hydrogen-bond donors (Lipinski definition) is 0. The van der Waals surface area contributed by atoms with Gasteiger partial charge in [-0.1, -0.05) is 35.9 Å². The van der Waals surface area contributed by atoms with E-state index in [1.807, 2.05) is 49.4 Å². The van der Waals surface area contributed by atoms with Gasteiger partial charge in [0.1, 0.15) is 11.7 Å². The van der Waals surface area contributed by atoms with Crippen LogP contribution in [0, 0.1) is 5.92 Å². The lowest BCUT2D eigenvalue weighted by Gasteiger charge is -2.36. The molecule has 0 radical (unpaired) electrons. The molecule has 1 aliphatic heterocycles. The van der Waals surface area contributed by atoms with Gasteiger partial charge in [0.25, 0.3) is 0 Å². The minimum Gasteiger partial charge on any atom is -0.497 e. The van der Waals surface area contributed by atoms with E-state index in [9.17, 15) is 9.59 Å². The van der Waals surface area contributed by atoms with E-state index in [1.165, 1.54) is 0 Å². The molecule has 0 fully saturated rings. The van der Waals surface area contributed by atoms with Gasteiger partial charge in [0.15, 0.2) is 5.78 Å². The van der Waals surface area contributed by atoms with Crippen molar-refractivity contribution in [3.8, 4) is 5.75 Å². The van der Waals surface area contributed by atoms with Crippen LogP contribution in [0.1, 0.15) is 49.7 Å². The summed E-state index contributed by atoms with van der Waals surface area (Å²) in [5.41, 5.74) is 3.93. The quantitative estimate of drug-likeness (QED) is 0.564. The summed E-state index contributed by atoms with van der Waals surface area (Å²) in [6, 6.07) is 15.2. The Morgan fingerprint density at radius 2 is 1.88 bits per heavy atom. The Bertz CT molecular complexity index is 1100. The van der Waals surface area contributed by atoms with Crippen LogP contribution in [0.4, 0.5) is 0 Å². The molecule has 4 rings (SSSR count). The standard InChI is InChI=1S/C26H26ClNO4/c1-4-32-26(30)23-15(2)28-21-13-18(16-8-10-20(31-3)11-9-16)14-22(29)25(21)24(23)17-6-5-7-19(27)12-17/h5-12,18,23-24H,4,13-14H2,1-3H3/t18-,23?,24+/m0/s1. The monoisotopic (exact) mass is 451 g/mol. The summed E-state index contributed by atoms with van der Waals surface area (Å²) in [7, 11) is 1.63. The zero-order chi connectivity index (χ0) is 22.8. The first-order chi connectivity index (χ1) is 15.4. The minimum absolute atomic E-state index is 0.0163. The van der Waals surface area contributed by atoms with Crippen molar-refractivity contribution in [3.63, 3.8) is 0 Å². The Labute approximate surface area is 193 Å². The number of rotatable bonds is 5. The molecule has 5 nitrogen and oxygen atoms in total. The van der Waals surface area contributed by atoms with Gasteiger partial charge in [-0.15, -0.1) is 0 Å². The van der Waals surface area contributed by atoms with E-state index in [-0.39, 0.29) is 24.3 Å². The molecular formula is C26H26ClNO4. The van der Waals surface area contributed by atoms with Crippen LogP contribution >= 0.6 is 11.6 Å². The van der Waals surface area contributed by atoms with Gasteiger partial charge < -0.3 is 9.47 Å². The van der Waals surface area contributed by atoms with Crippen molar-refractivity contribution < 1.29 is 19.1 Å². The Morgan fingerprint density at radius 3 is 2.53 bits per heavy atom. The second kappa shape index (κ2) is 9.29. The van der Waals surface area contributed by atoms with Crippen LogP contribution in [-0.2, 0) is 14.3 Å². The predicted molar refractivity (Wildman–Crippen MR) is 124 cm³/mol. The van der Waals surface area contributed by atoms with Gasteiger partial charge in [0, 0.05) is 34.3 Å². The lowest BCUT2D eigenvalue weighted by atomic mass is 9.69. The fourth-order valence-electron chi connectivity index (χ4n) is 4.77. The van der Waals surface area contributed by atoms with Crippen molar-refractivity contribution in [1.29, 1.82) is 0 Å². The highest BCUT2D eigenvalue weighted by molar-refractivity contribution is 6.30. The molecule has 0 bridgehead atoms. The van der Waals surface area contributed by atoms with Crippen LogP contribution in [0.15, 0.2) is 64.8 Å². The molecular weight excluding hydrogens is 426 g/mol. The van der Waals surface area contributed by atoms with E-state index in [0.717, 1.165) is 22.6 Å². The van der Waals surface area contributed by atoms with E-state index < -0.39 is 11.8 Å². The number of carbonyl (C=O) groups excluding carboxylic acids is 2. The Morgan fingerprint density at radius 1 is 1.12 bits per heavy atom. The van der Waals surface area contributed by atoms with Crippen molar-refractivity contribution >= 4 is 29.1 Å². The first-order valence-corrected chi connectivity index (χ1v) is 11.2. The molecule has 0 saturated carbocycles. The van der Waals surface area contributed by atoms with Gasteiger partial charge in [0.2, 0.25) is 0 Å². The summed E-state index contributed by atoms with van der Waals surface area (Å²) < 4.78 is 10.6. The SMILES string of the molecule is CCOC(=O)C1C(C)=NC2=C(C(=O)C[C@@H](c3ccc(OC)cc3)C2)[C@@H]1c1cccc(Cl)c1. The number of halogens is 1. The molecule has 0 spiro atoms. The third-order valence-electron chi connectivity index (χ3n) is 6.22. The van der Waals surface area contributed by atoms with Crippen LogP contribution in [-0.4, -0.2) is 31.2 Å². The second-order valence-corrected chi connectivity index (χ2v) is 8.61. The van der Waals surface area contributed by atoms with Crippen molar-refractivity contribution in [1.82, 2.24) is 0 Å². The van der Waals surface area contributed by atoms with Crippen molar-refractivity contribution in [2.45, 2.75) is 38.5 Å². The maximum atomic E-state index is 13.5. The summed E-state index contributed by atoms with van der Waals surface area (Å²) in [6.45, 7) is 3.88. The second-order valence-electron chi connectivity index (χ2n) is 8.18. The molecule has 0 N–H and O–H groups in total. The lowest BCUT2D eigenvalue weighted by molar-refractivity contribution is -0.146. The highest BCUT2D eigenvalue weighted by Crippen LogP contribution is 2.47. The molecule has 3 atom stereocenters. The van der Waals surface area contributed by atoms with Gasteiger partial charge in [0.05, 0.1) is 13.7 Å². The number of nitrogens with zero attached hydrogens (tertiary/aromatic N) is 1. The first kappa shape index (κ1) is 22.3. The third-order valence-corrected chi connectivity index (χ3v) is 6.46. The molecule has 0 saturated heterocycles. The molecule has 1 aliphatic carbocycles. The number of benzene rings is 2. The summed E-state index contributed by atoms with van der Waals surface area (Å²) in [5, 5.41) is 0.562. The lowest BCUT2D eigenvalue weighted by Crippen LogP contribution is -2.38. The van der Waals surface area contributed by atoms with Crippen LogP contribution in [0.25, 0.3) is 0 Å². The molecule has 0 aromatic heterocycles. The number of carbonyl (C=O) groups is 2. The number of methoxy groups -OCH3 is 1. The van der Waals surface area contributed by atoms with Crippen LogP contribution in [0.3, 0.4) is 0 Å². The largest absolute Gasteiger partial charge is 0.497 e. The molecule has 6 heteroatoms. The predicted octanol–water partition coefficient (Wildman–Crippen LogP) is 5.49. The number of ketones is 1. The number of ether oxygens (including phenoxy) is 2. The molecule has 166 valence electrons. The average molecular weight is 452 g/mol.